The van der Waals surface area contributed by atoms with Crippen LogP contribution >= 0.6 is 11.3 Å². The molecule has 20 heavy (non-hydrogen) atoms. The highest BCUT2D eigenvalue weighted by Gasteiger charge is 2.33. The lowest BCUT2D eigenvalue weighted by atomic mass is 10.1. The van der Waals surface area contributed by atoms with Gasteiger partial charge in [0.15, 0.2) is 0 Å². The number of nitrogens with one attached hydrogen (secondary N) is 2. The average molecular weight is 300 g/mol. The van der Waals surface area contributed by atoms with Crippen LogP contribution in [-0.2, 0) is 12.7 Å². The van der Waals surface area contributed by atoms with Crippen LogP contribution in [0.3, 0.4) is 0 Å². The van der Waals surface area contributed by atoms with Crippen molar-refractivity contribution in [2.24, 2.45) is 0 Å². The van der Waals surface area contributed by atoms with Crippen LogP contribution in [0.2, 0.25) is 0 Å². The van der Waals surface area contributed by atoms with Crippen molar-refractivity contribution >= 4 is 23.1 Å². The highest BCUT2D eigenvalue weighted by atomic mass is 32.1. The number of hydrogen-bond acceptors (Lipinski definition) is 2. The van der Waals surface area contributed by atoms with E-state index in [1.54, 1.807) is 0 Å². The molecule has 0 unspecified atom stereocenters. The number of carbonyl (C=O) groups excluding carboxylic acids is 1. The van der Waals surface area contributed by atoms with E-state index in [1.165, 1.54) is 29.5 Å². The van der Waals surface area contributed by atoms with Crippen LogP contribution < -0.4 is 10.6 Å². The number of para-hydroxylation sites is 1. The topological polar surface area (TPSA) is 41.1 Å². The van der Waals surface area contributed by atoms with Gasteiger partial charge in [-0.25, -0.2) is 4.79 Å². The maximum atomic E-state index is 12.7. The molecular formula is C13H11F3N2OS. The first kappa shape index (κ1) is 14.4. The van der Waals surface area contributed by atoms with Crippen LogP contribution in [0.15, 0.2) is 41.8 Å². The predicted molar refractivity (Wildman–Crippen MR) is 71.6 cm³/mol. The molecule has 0 fully saturated rings. The molecule has 0 radical (unpaired) electrons. The van der Waals surface area contributed by atoms with Gasteiger partial charge in [0.25, 0.3) is 0 Å². The largest absolute Gasteiger partial charge is 0.418 e. The summed E-state index contributed by atoms with van der Waals surface area (Å²) >= 11 is 1.46. The summed E-state index contributed by atoms with van der Waals surface area (Å²) < 4.78 is 38.2. The van der Waals surface area contributed by atoms with E-state index >= 15 is 0 Å². The molecule has 2 rings (SSSR count). The second-order valence-corrected chi connectivity index (χ2v) is 4.96. The van der Waals surface area contributed by atoms with Gasteiger partial charge in [0, 0.05) is 4.88 Å². The fourth-order valence-corrected chi connectivity index (χ4v) is 2.23. The van der Waals surface area contributed by atoms with Gasteiger partial charge in [0.2, 0.25) is 0 Å². The average Bonchev–Trinajstić information content (AvgIpc) is 2.89. The third kappa shape index (κ3) is 3.74. The molecule has 2 N–H and O–H groups in total. The summed E-state index contributed by atoms with van der Waals surface area (Å²) in [5, 5.41) is 6.57. The summed E-state index contributed by atoms with van der Waals surface area (Å²) in [7, 11) is 0. The molecule has 3 nitrogen and oxygen atoms in total. The van der Waals surface area contributed by atoms with E-state index in [0.29, 0.717) is 0 Å². The Morgan fingerprint density at radius 2 is 1.90 bits per heavy atom. The Morgan fingerprint density at radius 1 is 1.15 bits per heavy atom. The molecule has 0 saturated heterocycles. The van der Waals surface area contributed by atoms with Gasteiger partial charge in [0.1, 0.15) is 0 Å². The van der Waals surface area contributed by atoms with Crippen LogP contribution in [0, 0.1) is 0 Å². The van der Waals surface area contributed by atoms with Crippen LogP contribution in [-0.4, -0.2) is 6.03 Å². The van der Waals surface area contributed by atoms with E-state index in [9.17, 15) is 18.0 Å². The number of alkyl halides is 3. The lowest BCUT2D eigenvalue weighted by Gasteiger charge is -2.13. The lowest BCUT2D eigenvalue weighted by Crippen LogP contribution is -2.28. The fraction of sp³-hybridized carbons (Fsp3) is 0.154. The number of thiophene rings is 1. The molecule has 0 saturated carbocycles. The van der Waals surface area contributed by atoms with Crippen molar-refractivity contribution in [1.82, 2.24) is 5.32 Å². The Morgan fingerprint density at radius 3 is 2.55 bits per heavy atom. The van der Waals surface area contributed by atoms with Crippen molar-refractivity contribution < 1.29 is 18.0 Å². The number of hydrogen-bond donors (Lipinski definition) is 2. The minimum Gasteiger partial charge on any atom is -0.333 e. The number of halogens is 3. The molecule has 2 amide bonds. The van der Waals surface area contributed by atoms with Gasteiger partial charge in [-0.05, 0) is 23.6 Å². The van der Waals surface area contributed by atoms with Crippen LogP contribution in [0.5, 0.6) is 0 Å². The first-order valence-electron chi connectivity index (χ1n) is 5.70. The van der Waals surface area contributed by atoms with Crippen molar-refractivity contribution in [3.8, 4) is 0 Å². The number of benzene rings is 1. The van der Waals surface area contributed by atoms with Gasteiger partial charge in [-0.1, -0.05) is 18.2 Å². The molecule has 0 aliphatic carbocycles. The van der Waals surface area contributed by atoms with Crippen molar-refractivity contribution in [2.75, 3.05) is 5.32 Å². The second kappa shape index (κ2) is 5.96. The van der Waals surface area contributed by atoms with Crippen molar-refractivity contribution in [2.45, 2.75) is 12.7 Å². The predicted octanol–water partition coefficient (Wildman–Crippen LogP) is 4.09. The van der Waals surface area contributed by atoms with Gasteiger partial charge in [0.05, 0.1) is 17.8 Å². The van der Waals surface area contributed by atoms with Crippen molar-refractivity contribution in [1.29, 1.82) is 0 Å². The summed E-state index contributed by atoms with van der Waals surface area (Å²) in [6, 6.07) is 7.84. The Kier molecular flexibility index (Phi) is 4.29. The van der Waals surface area contributed by atoms with Crippen LogP contribution in [0.25, 0.3) is 0 Å². The molecule has 106 valence electrons. The molecule has 7 heteroatoms. The summed E-state index contributed by atoms with van der Waals surface area (Å²) in [5.74, 6) is 0. The van der Waals surface area contributed by atoms with Crippen molar-refractivity contribution in [3.63, 3.8) is 0 Å². The molecule has 0 spiro atoms. The highest BCUT2D eigenvalue weighted by Crippen LogP contribution is 2.34. The number of rotatable bonds is 3. The fourth-order valence-electron chi connectivity index (χ4n) is 1.59. The second-order valence-electron chi connectivity index (χ2n) is 3.93. The smallest absolute Gasteiger partial charge is 0.333 e. The Labute approximate surface area is 117 Å². The quantitative estimate of drug-likeness (QED) is 0.880. The van der Waals surface area contributed by atoms with Gasteiger partial charge in [-0.2, -0.15) is 13.2 Å². The molecule has 1 heterocycles. The molecular weight excluding hydrogens is 289 g/mol. The summed E-state index contributed by atoms with van der Waals surface area (Å²) in [5.41, 5.74) is -1.13. The zero-order valence-electron chi connectivity index (χ0n) is 10.2. The number of carbonyl (C=O) groups is 1. The number of amides is 2. The summed E-state index contributed by atoms with van der Waals surface area (Å²) in [6.07, 6.45) is -4.50. The zero-order valence-corrected chi connectivity index (χ0v) is 11.0. The van der Waals surface area contributed by atoms with Crippen molar-refractivity contribution in [3.05, 3.63) is 52.2 Å². The van der Waals surface area contributed by atoms with E-state index in [2.05, 4.69) is 10.6 Å². The zero-order chi connectivity index (χ0) is 14.6. The maximum Gasteiger partial charge on any atom is 0.418 e. The molecule has 0 atom stereocenters. The van der Waals surface area contributed by atoms with Gasteiger partial charge in [-0.15, -0.1) is 11.3 Å². The molecule has 0 aliphatic rings. The molecule has 2 aromatic rings. The van der Waals surface area contributed by atoms with Gasteiger partial charge >= 0.3 is 12.2 Å². The van der Waals surface area contributed by atoms with Gasteiger partial charge < -0.3 is 10.6 Å². The number of anilines is 1. The van der Waals surface area contributed by atoms with E-state index in [0.717, 1.165) is 10.9 Å². The first-order valence-corrected chi connectivity index (χ1v) is 6.58. The molecule has 1 aromatic carbocycles. The first-order chi connectivity index (χ1) is 9.47. The standard InChI is InChI=1S/C13H11F3N2OS/c14-13(15,16)10-5-1-2-6-11(10)18-12(19)17-8-9-4-3-7-20-9/h1-7H,8H2,(H2,17,18,19). The summed E-state index contributed by atoms with van der Waals surface area (Å²) in [4.78, 5) is 12.5. The van der Waals surface area contributed by atoms with E-state index in [1.807, 2.05) is 17.5 Å². The maximum absolute atomic E-state index is 12.7. The normalized spacial score (nSPS) is 11.2. The van der Waals surface area contributed by atoms with E-state index < -0.39 is 17.8 Å². The number of urea groups is 1. The van der Waals surface area contributed by atoms with E-state index in [4.69, 9.17) is 0 Å². The molecule has 0 bridgehead atoms. The Bertz CT molecular complexity index is 582. The molecule has 0 aliphatic heterocycles. The SMILES string of the molecule is O=C(NCc1cccs1)Nc1ccccc1C(F)(F)F. The van der Waals surface area contributed by atoms with Crippen LogP contribution in [0.1, 0.15) is 10.4 Å². The van der Waals surface area contributed by atoms with Crippen LogP contribution in [0.4, 0.5) is 23.7 Å². The molecule has 1 aromatic heterocycles. The van der Waals surface area contributed by atoms with E-state index in [-0.39, 0.29) is 12.2 Å². The van der Waals surface area contributed by atoms with Gasteiger partial charge in [-0.3, -0.25) is 0 Å². The summed E-state index contributed by atoms with van der Waals surface area (Å²) in [6.45, 7) is 0.275. The minimum atomic E-state index is -4.50. The lowest BCUT2D eigenvalue weighted by molar-refractivity contribution is -0.136. The Balaban J connectivity index is 2.01. The monoisotopic (exact) mass is 300 g/mol. The third-order valence-corrected chi connectivity index (χ3v) is 3.36. The Hall–Kier alpha value is -2.02. The minimum absolute atomic E-state index is 0.260. The third-order valence-electron chi connectivity index (χ3n) is 2.48. The highest BCUT2D eigenvalue weighted by molar-refractivity contribution is 7.09.